The molecule has 2 rings (SSSR count). The molecule has 2 atom stereocenters. The van der Waals surface area contributed by atoms with Crippen LogP contribution in [0.1, 0.15) is 25.8 Å². The molecular weight excluding hydrogens is 423 g/mol. The molecule has 0 bridgehead atoms. The van der Waals surface area contributed by atoms with Gasteiger partial charge in [0.2, 0.25) is 5.91 Å². The molecule has 2 amide bonds. The Balaban J connectivity index is 2.05. The summed E-state index contributed by atoms with van der Waals surface area (Å²) in [6.07, 6.45) is -1.06. The van der Waals surface area contributed by atoms with Crippen LogP contribution in [-0.2, 0) is 9.53 Å². The van der Waals surface area contributed by atoms with Crippen LogP contribution in [0.5, 0.6) is 0 Å². The van der Waals surface area contributed by atoms with Crippen molar-refractivity contribution in [2.45, 2.75) is 39.3 Å². The number of benzene rings is 1. The Hall–Kier alpha value is -1.35. The fourth-order valence-electron chi connectivity index (χ4n) is 2.53. The lowest BCUT2D eigenvalue weighted by molar-refractivity contribution is -0.120. The number of carbonyl (C=O) groups is 2. The average molecular weight is 446 g/mol. The van der Waals surface area contributed by atoms with Crippen LogP contribution in [0.2, 0.25) is 0 Å². The van der Waals surface area contributed by atoms with Crippen molar-refractivity contribution in [1.82, 2.24) is 4.90 Å². The molecule has 0 aliphatic carbocycles. The highest BCUT2D eigenvalue weighted by atomic mass is 127. The number of likely N-dealkylation sites (tertiary alicyclic amines) is 1. The molecular formula is C17H23IN2O4. The van der Waals surface area contributed by atoms with Crippen molar-refractivity contribution >= 4 is 40.3 Å². The van der Waals surface area contributed by atoms with Gasteiger partial charge in [-0.2, -0.15) is 0 Å². The largest absolute Gasteiger partial charge is 0.449 e. The number of anilines is 1. The number of nitrogens with one attached hydrogen (secondary N) is 1. The second-order valence-electron chi connectivity index (χ2n) is 6.48. The second kappa shape index (κ2) is 8.15. The maximum Gasteiger partial charge on any atom is 0.410 e. The molecule has 0 spiro atoms. The molecule has 1 aliphatic rings. The number of aliphatic hydroxyl groups is 1. The molecule has 6 nitrogen and oxygen atoms in total. The average Bonchev–Trinajstić information content (AvgIpc) is 2.90. The number of hydrogen-bond donors (Lipinski definition) is 2. The topological polar surface area (TPSA) is 78.9 Å². The standard InChI is InChI=1S/C17H23IN2O4/c1-10(2)9-24-17(23)20-8-13(21)7-15(20)16(22)19-12-4-5-14(18)11(3)6-12/h4-6,10,13,15,21H,7-9H2,1-3H3,(H,19,22)/t13-,15+/m0/s1. The highest BCUT2D eigenvalue weighted by molar-refractivity contribution is 14.1. The summed E-state index contributed by atoms with van der Waals surface area (Å²) in [7, 11) is 0. The van der Waals surface area contributed by atoms with Gasteiger partial charge in [-0.15, -0.1) is 0 Å². The Labute approximate surface area is 155 Å². The number of nitrogens with zero attached hydrogens (tertiary/aromatic N) is 1. The quantitative estimate of drug-likeness (QED) is 0.698. The minimum absolute atomic E-state index is 0.112. The predicted molar refractivity (Wildman–Crippen MR) is 99.8 cm³/mol. The van der Waals surface area contributed by atoms with Gasteiger partial charge in [-0.1, -0.05) is 13.8 Å². The zero-order chi connectivity index (χ0) is 17.9. The van der Waals surface area contributed by atoms with Gasteiger partial charge in [-0.05, 0) is 59.2 Å². The number of carbonyl (C=O) groups excluding carboxylic acids is 2. The normalized spacial score (nSPS) is 20.3. The van der Waals surface area contributed by atoms with Gasteiger partial charge in [-0.3, -0.25) is 9.69 Å². The summed E-state index contributed by atoms with van der Waals surface area (Å²) >= 11 is 2.23. The van der Waals surface area contributed by atoms with Gasteiger partial charge in [0, 0.05) is 15.7 Å². The third-order valence-electron chi connectivity index (χ3n) is 3.78. The highest BCUT2D eigenvalue weighted by Gasteiger charge is 2.39. The van der Waals surface area contributed by atoms with Crippen molar-refractivity contribution in [2.75, 3.05) is 18.5 Å². The van der Waals surface area contributed by atoms with Crippen molar-refractivity contribution in [3.05, 3.63) is 27.3 Å². The van der Waals surface area contributed by atoms with Gasteiger partial charge < -0.3 is 15.2 Å². The first kappa shape index (κ1) is 19.0. The van der Waals surface area contributed by atoms with E-state index in [2.05, 4.69) is 27.9 Å². The summed E-state index contributed by atoms with van der Waals surface area (Å²) in [5.74, 6) is -0.0998. The summed E-state index contributed by atoms with van der Waals surface area (Å²) in [4.78, 5) is 26.0. The Bertz CT molecular complexity index is 621. The number of hydrogen-bond acceptors (Lipinski definition) is 4. The van der Waals surface area contributed by atoms with Gasteiger partial charge in [0.05, 0.1) is 19.3 Å². The lowest BCUT2D eigenvalue weighted by Gasteiger charge is -2.23. The fourth-order valence-corrected chi connectivity index (χ4v) is 2.87. The van der Waals surface area contributed by atoms with E-state index in [4.69, 9.17) is 4.74 Å². The third-order valence-corrected chi connectivity index (χ3v) is 4.99. The minimum Gasteiger partial charge on any atom is -0.449 e. The Morgan fingerprint density at radius 1 is 1.46 bits per heavy atom. The molecule has 1 aromatic rings. The zero-order valence-electron chi connectivity index (χ0n) is 14.1. The van der Waals surface area contributed by atoms with Crippen LogP contribution in [0.4, 0.5) is 10.5 Å². The molecule has 0 aromatic heterocycles. The lowest BCUT2D eigenvalue weighted by atomic mass is 10.1. The van der Waals surface area contributed by atoms with E-state index in [-0.39, 0.29) is 31.4 Å². The van der Waals surface area contributed by atoms with E-state index in [1.54, 1.807) is 0 Å². The van der Waals surface area contributed by atoms with Crippen molar-refractivity contribution in [1.29, 1.82) is 0 Å². The number of ether oxygens (including phenoxy) is 1. The molecule has 0 radical (unpaired) electrons. The van der Waals surface area contributed by atoms with Gasteiger partial charge in [-0.25, -0.2) is 4.79 Å². The van der Waals surface area contributed by atoms with Crippen LogP contribution >= 0.6 is 22.6 Å². The molecule has 1 aromatic carbocycles. The predicted octanol–water partition coefficient (Wildman–Crippen LogP) is 2.77. The third kappa shape index (κ3) is 4.83. The monoisotopic (exact) mass is 446 g/mol. The van der Waals surface area contributed by atoms with E-state index in [0.29, 0.717) is 5.69 Å². The van der Waals surface area contributed by atoms with Crippen LogP contribution < -0.4 is 5.32 Å². The van der Waals surface area contributed by atoms with E-state index in [9.17, 15) is 14.7 Å². The fraction of sp³-hybridized carbons (Fsp3) is 0.529. The first-order valence-electron chi connectivity index (χ1n) is 7.96. The van der Waals surface area contributed by atoms with E-state index in [1.807, 2.05) is 39.0 Å². The maximum atomic E-state index is 12.5. The van der Waals surface area contributed by atoms with E-state index in [0.717, 1.165) is 9.13 Å². The molecule has 132 valence electrons. The molecule has 0 saturated carbocycles. The van der Waals surface area contributed by atoms with Crippen LogP contribution in [0, 0.1) is 16.4 Å². The Morgan fingerprint density at radius 2 is 2.17 bits per heavy atom. The van der Waals surface area contributed by atoms with Crippen LogP contribution in [0.15, 0.2) is 18.2 Å². The summed E-state index contributed by atoms with van der Waals surface area (Å²) in [5, 5.41) is 12.7. The van der Waals surface area contributed by atoms with Crippen LogP contribution in [0.25, 0.3) is 0 Å². The number of aliphatic hydroxyl groups excluding tert-OH is 1. The SMILES string of the molecule is Cc1cc(NC(=O)[C@H]2C[C@H](O)CN2C(=O)OCC(C)C)ccc1I. The van der Waals surface area contributed by atoms with E-state index >= 15 is 0 Å². The molecule has 1 aliphatic heterocycles. The molecule has 1 saturated heterocycles. The van der Waals surface area contributed by atoms with E-state index in [1.165, 1.54) is 4.90 Å². The number of aryl methyl sites for hydroxylation is 1. The number of halogens is 1. The number of rotatable bonds is 4. The molecule has 7 heteroatoms. The van der Waals surface area contributed by atoms with Crippen molar-refractivity contribution in [3.63, 3.8) is 0 Å². The smallest absolute Gasteiger partial charge is 0.410 e. The zero-order valence-corrected chi connectivity index (χ0v) is 16.2. The maximum absolute atomic E-state index is 12.5. The van der Waals surface area contributed by atoms with Gasteiger partial charge in [0.1, 0.15) is 6.04 Å². The summed E-state index contributed by atoms with van der Waals surface area (Å²) < 4.78 is 6.31. The molecule has 1 fully saturated rings. The highest BCUT2D eigenvalue weighted by Crippen LogP contribution is 2.22. The summed E-state index contributed by atoms with van der Waals surface area (Å²) in [6.45, 7) is 6.24. The Morgan fingerprint density at radius 3 is 2.79 bits per heavy atom. The molecule has 2 N–H and O–H groups in total. The lowest BCUT2D eigenvalue weighted by Crippen LogP contribution is -2.43. The van der Waals surface area contributed by atoms with Gasteiger partial charge >= 0.3 is 6.09 Å². The van der Waals surface area contributed by atoms with Crippen molar-refractivity contribution in [2.24, 2.45) is 5.92 Å². The number of amides is 2. The van der Waals surface area contributed by atoms with Crippen molar-refractivity contribution < 1.29 is 19.4 Å². The molecule has 24 heavy (non-hydrogen) atoms. The first-order valence-corrected chi connectivity index (χ1v) is 9.04. The minimum atomic E-state index is -0.723. The van der Waals surface area contributed by atoms with Crippen LogP contribution in [-0.4, -0.2) is 47.3 Å². The summed E-state index contributed by atoms with van der Waals surface area (Å²) in [5.41, 5.74) is 1.74. The van der Waals surface area contributed by atoms with Crippen LogP contribution in [0.3, 0.4) is 0 Å². The number of β-amino-alcohol motifs (C(OH)–C–C–N with tert-alkyl or cyclic N) is 1. The second-order valence-corrected chi connectivity index (χ2v) is 7.64. The van der Waals surface area contributed by atoms with Crippen molar-refractivity contribution in [3.8, 4) is 0 Å². The molecule has 0 unspecified atom stereocenters. The Kier molecular flexibility index (Phi) is 6.45. The van der Waals surface area contributed by atoms with Gasteiger partial charge in [0.25, 0.3) is 0 Å². The summed E-state index contributed by atoms with van der Waals surface area (Å²) in [6, 6.07) is 4.90. The van der Waals surface area contributed by atoms with E-state index < -0.39 is 18.2 Å². The molecule has 1 heterocycles. The van der Waals surface area contributed by atoms with Gasteiger partial charge in [0.15, 0.2) is 0 Å². The first-order chi connectivity index (χ1) is 11.3.